The monoisotopic (exact) mass is 292 g/mol. The van der Waals surface area contributed by atoms with Gasteiger partial charge in [-0.25, -0.2) is 4.39 Å². The van der Waals surface area contributed by atoms with E-state index in [4.69, 9.17) is 11.6 Å². The SMILES string of the molecule is Cc1cc(C)c(C(O)c2cc(C)c(F)cc2Cl)c(C)c1. The quantitative estimate of drug-likeness (QED) is 0.843. The molecule has 0 heterocycles. The maximum Gasteiger partial charge on any atom is 0.127 e. The van der Waals surface area contributed by atoms with Gasteiger partial charge in [-0.2, -0.15) is 0 Å². The standard InChI is InChI=1S/C17H18ClFO/c1-9-5-11(3)16(12(4)6-9)17(20)13-7-10(2)15(19)8-14(13)18/h5-8,17,20H,1-4H3. The van der Waals surface area contributed by atoms with E-state index in [9.17, 15) is 9.50 Å². The van der Waals surface area contributed by atoms with Gasteiger partial charge in [0, 0.05) is 10.6 Å². The number of benzene rings is 2. The molecule has 1 N–H and O–H groups in total. The molecule has 0 bridgehead atoms. The Morgan fingerprint density at radius 1 is 0.950 bits per heavy atom. The Bertz CT molecular complexity index is 641. The Kier molecular flexibility index (Phi) is 4.17. The first-order chi connectivity index (χ1) is 9.31. The van der Waals surface area contributed by atoms with Crippen molar-refractivity contribution in [2.24, 2.45) is 0 Å². The van der Waals surface area contributed by atoms with Gasteiger partial charge >= 0.3 is 0 Å². The Hall–Kier alpha value is -1.38. The van der Waals surface area contributed by atoms with Crippen LogP contribution in [0.25, 0.3) is 0 Å². The number of hydrogen-bond donors (Lipinski definition) is 1. The number of aliphatic hydroxyl groups excluding tert-OH is 1. The molecule has 0 fully saturated rings. The lowest BCUT2D eigenvalue weighted by molar-refractivity contribution is 0.218. The van der Waals surface area contributed by atoms with Crippen LogP contribution in [0.5, 0.6) is 0 Å². The molecule has 0 saturated heterocycles. The highest BCUT2D eigenvalue weighted by Gasteiger charge is 2.19. The van der Waals surface area contributed by atoms with Gasteiger partial charge in [-0.3, -0.25) is 0 Å². The smallest absolute Gasteiger partial charge is 0.127 e. The average molecular weight is 293 g/mol. The van der Waals surface area contributed by atoms with Crippen LogP contribution < -0.4 is 0 Å². The largest absolute Gasteiger partial charge is 0.384 e. The third-order valence-electron chi connectivity index (χ3n) is 3.58. The predicted octanol–water partition coefficient (Wildman–Crippen LogP) is 4.79. The van der Waals surface area contributed by atoms with Crippen LogP contribution in [0, 0.1) is 33.5 Å². The van der Waals surface area contributed by atoms with E-state index in [0.29, 0.717) is 11.1 Å². The maximum absolute atomic E-state index is 13.5. The Labute approximate surface area is 124 Å². The second-order valence-electron chi connectivity index (χ2n) is 5.34. The summed E-state index contributed by atoms with van der Waals surface area (Å²) in [6.07, 6.45) is -0.845. The van der Waals surface area contributed by atoms with Crippen molar-refractivity contribution >= 4 is 11.6 Å². The minimum Gasteiger partial charge on any atom is -0.384 e. The fourth-order valence-electron chi connectivity index (χ4n) is 2.67. The zero-order chi connectivity index (χ0) is 15.0. The molecule has 0 saturated carbocycles. The first-order valence-electron chi connectivity index (χ1n) is 6.52. The molecule has 0 radical (unpaired) electrons. The average Bonchev–Trinajstić information content (AvgIpc) is 2.32. The van der Waals surface area contributed by atoms with Crippen molar-refractivity contribution < 1.29 is 9.50 Å². The minimum atomic E-state index is -0.845. The maximum atomic E-state index is 13.5. The van der Waals surface area contributed by atoms with Gasteiger partial charge in [-0.15, -0.1) is 0 Å². The van der Waals surface area contributed by atoms with E-state index in [1.165, 1.54) is 6.07 Å². The molecule has 0 aliphatic heterocycles. The summed E-state index contributed by atoms with van der Waals surface area (Å²) in [5, 5.41) is 10.9. The van der Waals surface area contributed by atoms with E-state index < -0.39 is 6.10 Å². The van der Waals surface area contributed by atoms with Crippen LogP contribution in [0.3, 0.4) is 0 Å². The van der Waals surface area contributed by atoms with E-state index in [-0.39, 0.29) is 10.8 Å². The van der Waals surface area contributed by atoms with Gasteiger partial charge in [0.25, 0.3) is 0 Å². The molecule has 2 aromatic rings. The normalized spacial score (nSPS) is 12.6. The molecule has 0 aliphatic carbocycles. The number of rotatable bonds is 2. The zero-order valence-electron chi connectivity index (χ0n) is 12.1. The highest BCUT2D eigenvalue weighted by atomic mass is 35.5. The summed E-state index contributed by atoms with van der Waals surface area (Å²) < 4.78 is 13.5. The van der Waals surface area contributed by atoms with Crippen LogP contribution in [0.15, 0.2) is 24.3 Å². The molecule has 20 heavy (non-hydrogen) atoms. The molecule has 0 amide bonds. The third-order valence-corrected chi connectivity index (χ3v) is 3.91. The van der Waals surface area contributed by atoms with Crippen LogP contribution in [0.4, 0.5) is 4.39 Å². The molecule has 1 atom stereocenters. The zero-order valence-corrected chi connectivity index (χ0v) is 12.8. The second-order valence-corrected chi connectivity index (χ2v) is 5.75. The molecule has 1 unspecified atom stereocenters. The van der Waals surface area contributed by atoms with Gasteiger partial charge in [-0.1, -0.05) is 29.3 Å². The highest BCUT2D eigenvalue weighted by Crippen LogP contribution is 2.33. The summed E-state index contributed by atoms with van der Waals surface area (Å²) in [5.74, 6) is -0.358. The molecule has 106 valence electrons. The first kappa shape index (κ1) is 15.0. The van der Waals surface area contributed by atoms with Crippen LogP contribution in [-0.2, 0) is 0 Å². The van der Waals surface area contributed by atoms with E-state index in [0.717, 1.165) is 22.3 Å². The Balaban J connectivity index is 2.57. The van der Waals surface area contributed by atoms with Crippen molar-refractivity contribution in [3.05, 3.63) is 68.5 Å². The van der Waals surface area contributed by atoms with Crippen molar-refractivity contribution in [3.8, 4) is 0 Å². The Morgan fingerprint density at radius 3 is 2.05 bits per heavy atom. The van der Waals surface area contributed by atoms with Gasteiger partial charge in [0.15, 0.2) is 0 Å². The third kappa shape index (κ3) is 2.72. The minimum absolute atomic E-state index is 0.250. The van der Waals surface area contributed by atoms with Crippen LogP contribution in [-0.4, -0.2) is 5.11 Å². The molecule has 0 spiro atoms. The van der Waals surface area contributed by atoms with Crippen molar-refractivity contribution in [3.63, 3.8) is 0 Å². The van der Waals surface area contributed by atoms with E-state index >= 15 is 0 Å². The topological polar surface area (TPSA) is 20.2 Å². The van der Waals surface area contributed by atoms with Crippen molar-refractivity contribution in [2.45, 2.75) is 33.8 Å². The summed E-state index contributed by atoms with van der Waals surface area (Å²) in [5.41, 5.74) is 5.02. The Morgan fingerprint density at radius 2 is 1.50 bits per heavy atom. The summed E-state index contributed by atoms with van der Waals surface area (Å²) >= 11 is 6.08. The number of hydrogen-bond acceptors (Lipinski definition) is 1. The molecule has 1 nitrogen and oxygen atoms in total. The summed E-state index contributed by atoms with van der Waals surface area (Å²) in [4.78, 5) is 0. The lowest BCUT2D eigenvalue weighted by atomic mass is 9.91. The predicted molar refractivity (Wildman–Crippen MR) is 80.9 cm³/mol. The first-order valence-corrected chi connectivity index (χ1v) is 6.90. The number of aliphatic hydroxyl groups is 1. The molecular weight excluding hydrogens is 275 g/mol. The van der Waals surface area contributed by atoms with Crippen molar-refractivity contribution in [1.82, 2.24) is 0 Å². The van der Waals surface area contributed by atoms with E-state index in [1.54, 1.807) is 13.0 Å². The fraction of sp³-hybridized carbons (Fsp3) is 0.294. The molecule has 0 aliphatic rings. The van der Waals surface area contributed by atoms with Gasteiger partial charge < -0.3 is 5.11 Å². The highest BCUT2D eigenvalue weighted by molar-refractivity contribution is 6.31. The summed E-state index contributed by atoms with van der Waals surface area (Å²) in [6, 6.07) is 6.92. The van der Waals surface area contributed by atoms with Crippen LogP contribution >= 0.6 is 11.6 Å². The second kappa shape index (κ2) is 5.55. The number of halogens is 2. The molecule has 2 rings (SSSR count). The molecule has 3 heteroatoms. The van der Waals surface area contributed by atoms with Gasteiger partial charge in [-0.05, 0) is 62.1 Å². The molecule has 0 aromatic heterocycles. The van der Waals surface area contributed by atoms with Gasteiger partial charge in [0.2, 0.25) is 0 Å². The fourth-order valence-corrected chi connectivity index (χ4v) is 2.92. The molecular formula is C17H18ClFO. The van der Waals surface area contributed by atoms with Gasteiger partial charge in [0.05, 0.1) is 0 Å². The van der Waals surface area contributed by atoms with Crippen molar-refractivity contribution in [2.75, 3.05) is 0 Å². The van der Waals surface area contributed by atoms with Crippen molar-refractivity contribution in [1.29, 1.82) is 0 Å². The number of aryl methyl sites for hydroxylation is 4. The summed E-state index contributed by atoms with van der Waals surface area (Å²) in [7, 11) is 0. The summed E-state index contributed by atoms with van der Waals surface area (Å²) in [6.45, 7) is 7.60. The van der Waals surface area contributed by atoms with Crippen LogP contribution in [0.1, 0.15) is 39.5 Å². The lowest BCUT2D eigenvalue weighted by Gasteiger charge is -2.19. The van der Waals surface area contributed by atoms with Gasteiger partial charge in [0.1, 0.15) is 11.9 Å². The van der Waals surface area contributed by atoms with Crippen LogP contribution in [0.2, 0.25) is 5.02 Å². The van der Waals surface area contributed by atoms with E-state index in [1.807, 2.05) is 32.9 Å². The van der Waals surface area contributed by atoms with E-state index in [2.05, 4.69) is 0 Å². The lowest BCUT2D eigenvalue weighted by Crippen LogP contribution is -2.06. The molecule has 2 aromatic carbocycles.